The Morgan fingerprint density at radius 3 is 2.44 bits per heavy atom. The topological polar surface area (TPSA) is 97.3 Å². The normalized spacial score (nSPS) is 27.8. The first-order chi connectivity index (χ1) is 16.3. The van der Waals surface area contributed by atoms with Gasteiger partial charge in [0, 0.05) is 25.3 Å². The molecule has 0 radical (unpaired) electrons. The molecule has 5 rings (SSSR count). The van der Waals surface area contributed by atoms with Crippen LogP contribution in [0.15, 0.2) is 12.3 Å². The highest BCUT2D eigenvalue weighted by atomic mass is 16.5. The Balaban J connectivity index is 1.47. The van der Waals surface area contributed by atoms with Gasteiger partial charge in [-0.05, 0) is 83.1 Å². The number of nitrogens with zero attached hydrogens (tertiary/aromatic N) is 2. The highest BCUT2D eigenvalue weighted by Gasteiger charge is 2.48. The van der Waals surface area contributed by atoms with E-state index in [1.54, 1.807) is 23.2 Å². The van der Waals surface area contributed by atoms with Crippen LogP contribution >= 0.6 is 0 Å². The summed E-state index contributed by atoms with van der Waals surface area (Å²) < 4.78 is 7.54. The molecule has 0 atom stereocenters. The van der Waals surface area contributed by atoms with Crippen molar-refractivity contribution in [2.24, 2.45) is 29.1 Å². The van der Waals surface area contributed by atoms with E-state index in [-0.39, 0.29) is 17.9 Å². The van der Waals surface area contributed by atoms with Gasteiger partial charge in [-0.3, -0.25) is 9.59 Å². The molecule has 0 aliphatic heterocycles. The molecule has 1 aromatic rings. The van der Waals surface area contributed by atoms with Crippen LogP contribution in [0, 0.1) is 29.1 Å². The fourth-order valence-corrected chi connectivity index (χ4v) is 6.21. The minimum atomic E-state index is -0.732. The minimum absolute atomic E-state index is 0.0676. The summed E-state index contributed by atoms with van der Waals surface area (Å²) in [5, 5.41) is 13.7. The van der Waals surface area contributed by atoms with Crippen LogP contribution in [0.2, 0.25) is 0 Å². The fourth-order valence-electron chi connectivity index (χ4n) is 6.21. The van der Waals surface area contributed by atoms with Crippen molar-refractivity contribution in [1.82, 2.24) is 25.7 Å². The molecule has 4 saturated carbocycles. The lowest BCUT2D eigenvalue weighted by Crippen LogP contribution is -2.55. The van der Waals surface area contributed by atoms with Gasteiger partial charge in [-0.15, -0.1) is 0 Å². The van der Waals surface area contributed by atoms with E-state index in [0.717, 1.165) is 18.3 Å². The van der Waals surface area contributed by atoms with Gasteiger partial charge in [-0.2, -0.15) is 5.10 Å². The molecule has 188 valence electrons. The predicted octanol–water partition coefficient (Wildman–Crippen LogP) is 3.06. The number of amides is 2. The smallest absolute Gasteiger partial charge is 0.258 e. The summed E-state index contributed by atoms with van der Waals surface area (Å²) in [7, 11) is 1.85. The van der Waals surface area contributed by atoms with E-state index < -0.39 is 5.41 Å². The molecule has 1 aromatic heterocycles. The van der Waals surface area contributed by atoms with Crippen molar-refractivity contribution in [2.45, 2.75) is 65.3 Å². The van der Waals surface area contributed by atoms with E-state index in [1.165, 1.54) is 32.1 Å². The first kappa shape index (κ1) is 24.8. The molecule has 0 spiro atoms. The Kier molecular flexibility index (Phi) is 7.65. The van der Waals surface area contributed by atoms with Crippen LogP contribution in [0.5, 0.6) is 5.88 Å². The van der Waals surface area contributed by atoms with Crippen LogP contribution in [-0.2, 0) is 4.79 Å². The average Bonchev–Trinajstić information content (AvgIpc) is 3.21. The second kappa shape index (κ2) is 10.5. The number of aromatic nitrogens is 2. The van der Waals surface area contributed by atoms with Crippen LogP contribution in [0.1, 0.15) is 69.7 Å². The van der Waals surface area contributed by atoms with Crippen LogP contribution < -0.4 is 20.7 Å². The van der Waals surface area contributed by atoms with Crippen LogP contribution in [0.4, 0.5) is 0 Å². The zero-order valence-corrected chi connectivity index (χ0v) is 21.1. The molecular formula is C26H41N5O3. The van der Waals surface area contributed by atoms with E-state index in [2.05, 4.69) is 21.0 Å². The Hall–Kier alpha value is -2.35. The third-order valence-electron chi connectivity index (χ3n) is 7.84. The molecule has 2 amide bonds. The van der Waals surface area contributed by atoms with Crippen molar-refractivity contribution >= 4 is 18.0 Å². The maximum atomic E-state index is 13.4. The Morgan fingerprint density at radius 2 is 1.82 bits per heavy atom. The van der Waals surface area contributed by atoms with Gasteiger partial charge < -0.3 is 20.7 Å². The summed E-state index contributed by atoms with van der Waals surface area (Å²) in [6.07, 6.45) is 12.3. The zero-order valence-electron chi connectivity index (χ0n) is 21.1. The Morgan fingerprint density at radius 1 is 1.15 bits per heavy atom. The largest absolute Gasteiger partial charge is 0.477 e. The first-order valence-corrected chi connectivity index (χ1v) is 13.0. The molecule has 8 heteroatoms. The lowest BCUT2D eigenvalue weighted by Gasteiger charge is -2.54. The summed E-state index contributed by atoms with van der Waals surface area (Å²) in [5.74, 6) is 3.21. The van der Waals surface area contributed by atoms with Gasteiger partial charge in [0.2, 0.25) is 11.8 Å². The zero-order chi connectivity index (χ0) is 24.3. The molecule has 34 heavy (non-hydrogen) atoms. The number of nitrogens with one attached hydrogen (secondary N) is 3. The monoisotopic (exact) mass is 471 g/mol. The van der Waals surface area contributed by atoms with Crippen molar-refractivity contribution in [3.8, 4) is 5.88 Å². The van der Waals surface area contributed by atoms with E-state index in [9.17, 15) is 9.59 Å². The summed E-state index contributed by atoms with van der Waals surface area (Å²) in [6, 6.07) is 0.262. The van der Waals surface area contributed by atoms with Gasteiger partial charge in [-0.25, -0.2) is 4.68 Å². The lowest BCUT2D eigenvalue weighted by atomic mass is 9.54. The van der Waals surface area contributed by atoms with Gasteiger partial charge >= 0.3 is 0 Å². The number of rotatable bonds is 11. The first-order valence-electron chi connectivity index (χ1n) is 13.0. The molecule has 0 unspecified atom stereocenters. The average molecular weight is 472 g/mol. The molecule has 4 aliphatic rings. The predicted molar refractivity (Wildman–Crippen MR) is 132 cm³/mol. The minimum Gasteiger partial charge on any atom is -0.477 e. The molecule has 0 aromatic carbocycles. The van der Waals surface area contributed by atoms with E-state index >= 15 is 0 Å². The molecule has 4 bridgehead atoms. The van der Waals surface area contributed by atoms with Crippen molar-refractivity contribution in [1.29, 1.82) is 0 Å². The van der Waals surface area contributed by atoms with Gasteiger partial charge in [0.1, 0.15) is 5.56 Å². The lowest BCUT2D eigenvalue weighted by molar-refractivity contribution is -0.127. The van der Waals surface area contributed by atoms with Gasteiger partial charge in [0.15, 0.2) is 0 Å². The molecule has 1 heterocycles. The number of carbonyl (C=O) groups is 2. The third kappa shape index (κ3) is 5.32. The van der Waals surface area contributed by atoms with Crippen molar-refractivity contribution < 1.29 is 14.3 Å². The van der Waals surface area contributed by atoms with E-state index in [0.29, 0.717) is 43.0 Å². The summed E-state index contributed by atoms with van der Waals surface area (Å²) in [4.78, 5) is 25.9. The summed E-state index contributed by atoms with van der Waals surface area (Å²) in [5.41, 5.74) is -0.270. The summed E-state index contributed by atoms with van der Waals surface area (Å²) in [6.45, 7) is 7.51. The van der Waals surface area contributed by atoms with Gasteiger partial charge in [-0.1, -0.05) is 13.0 Å². The number of hydrogen-bond acceptors (Lipinski definition) is 5. The Labute approximate surface area is 203 Å². The maximum absolute atomic E-state index is 13.4. The number of ether oxygens (including phenoxy) is 1. The van der Waals surface area contributed by atoms with E-state index in [1.807, 2.05) is 27.8 Å². The fraction of sp³-hybridized carbons (Fsp3) is 0.731. The highest BCUT2D eigenvalue weighted by molar-refractivity contribution is 5.96. The van der Waals surface area contributed by atoms with Crippen molar-refractivity contribution in [3.63, 3.8) is 0 Å². The second-order valence-corrected chi connectivity index (χ2v) is 11.0. The molecule has 0 saturated heterocycles. The highest BCUT2D eigenvalue weighted by Crippen LogP contribution is 2.53. The second-order valence-electron chi connectivity index (χ2n) is 11.0. The third-order valence-corrected chi connectivity index (χ3v) is 7.84. The van der Waals surface area contributed by atoms with E-state index in [4.69, 9.17) is 4.74 Å². The molecule has 4 aliphatic carbocycles. The number of hydrogen-bond donors (Lipinski definition) is 3. The van der Waals surface area contributed by atoms with Crippen LogP contribution in [-0.4, -0.2) is 54.4 Å². The number of carbonyl (C=O) groups excluding carboxylic acids is 2. The van der Waals surface area contributed by atoms with Crippen LogP contribution in [0.25, 0.3) is 6.20 Å². The van der Waals surface area contributed by atoms with Crippen molar-refractivity contribution in [3.05, 3.63) is 17.8 Å². The Bertz CT molecular complexity index is 878. The standard InChI is InChI=1S/C26H41N5O3/c1-5-10-34-24-21(16-29-31(24)9-6-26(2,3)25(33)28-8-7-27-4)23(32)30-22-19-12-17-11-18(14-19)15-20(22)13-17/h6,9,16-20,22,27H,5,7-8,10-15H2,1-4H3,(H,28,33)(H,30,32). The van der Waals surface area contributed by atoms with Crippen molar-refractivity contribution in [2.75, 3.05) is 26.7 Å². The quantitative estimate of drug-likeness (QED) is 0.431. The molecule has 8 nitrogen and oxygen atoms in total. The van der Waals surface area contributed by atoms with Gasteiger partial charge in [0.05, 0.1) is 18.2 Å². The number of likely N-dealkylation sites (N-methyl/N-ethyl adjacent to an activating group) is 1. The molecular weight excluding hydrogens is 430 g/mol. The summed E-state index contributed by atoms with van der Waals surface area (Å²) >= 11 is 0. The molecule has 4 fully saturated rings. The van der Waals surface area contributed by atoms with Crippen LogP contribution in [0.3, 0.4) is 0 Å². The molecule has 3 N–H and O–H groups in total. The SMILES string of the molecule is CCCOc1c(C(=O)NC2C3CC4CC(C3)CC2C4)cnn1C=CC(C)(C)C(=O)NCCNC. The maximum Gasteiger partial charge on any atom is 0.258 e. The van der Waals surface area contributed by atoms with Gasteiger partial charge in [0.25, 0.3) is 5.91 Å².